The van der Waals surface area contributed by atoms with Gasteiger partial charge in [-0.3, -0.25) is 0 Å². The third-order valence-electron chi connectivity index (χ3n) is 2.48. The molecule has 0 aromatic heterocycles. The number of amides is 2. The zero-order valence-electron chi connectivity index (χ0n) is 11.8. The molecule has 0 aliphatic heterocycles. The Kier molecular flexibility index (Phi) is 6.18. The first-order chi connectivity index (χ1) is 9.66. The Balaban J connectivity index is 2.98. The normalized spacial score (nSPS) is 11.1. The number of aromatic carboxylic acids is 1. The van der Waals surface area contributed by atoms with Crippen LogP contribution in [0.15, 0.2) is 21.1 Å². The zero-order valence-corrected chi connectivity index (χ0v) is 15.0. The molecule has 0 bridgehead atoms. The molecule has 0 unspecified atom stereocenters. The summed E-state index contributed by atoms with van der Waals surface area (Å²) >= 11 is 6.46. The van der Waals surface area contributed by atoms with E-state index in [-0.39, 0.29) is 11.3 Å². The summed E-state index contributed by atoms with van der Waals surface area (Å²) in [6.45, 7) is 3.92. The molecule has 8 heteroatoms. The maximum absolute atomic E-state index is 12.0. The van der Waals surface area contributed by atoms with Gasteiger partial charge in [-0.1, -0.05) is 15.9 Å². The fourth-order valence-electron chi connectivity index (χ4n) is 1.72. The van der Waals surface area contributed by atoms with Crippen LogP contribution in [0, 0.1) is 0 Å². The van der Waals surface area contributed by atoms with E-state index in [4.69, 9.17) is 4.74 Å². The smallest absolute Gasteiger partial charge is 0.337 e. The van der Waals surface area contributed by atoms with Crippen molar-refractivity contribution in [2.75, 3.05) is 19.0 Å². The van der Waals surface area contributed by atoms with Gasteiger partial charge in [-0.25, -0.2) is 9.59 Å². The molecule has 0 aliphatic carbocycles. The Morgan fingerprint density at radius 3 is 2.48 bits per heavy atom. The minimum absolute atomic E-state index is 0.0176. The SMILES string of the molecule is COCC(C)(C)NC(=O)Nc1c(Br)cc(Br)cc1C(=O)O. The van der Waals surface area contributed by atoms with E-state index in [2.05, 4.69) is 42.5 Å². The summed E-state index contributed by atoms with van der Waals surface area (Å²) in [5.74, 6) is -1.14. The lowest BCUT2D eigenvalue weighted by atomic mass is 10.1. The molecule has 116 valence electrons. The standard InChI is InChI=1S/C13H16Br2N2O4/c1-13(2,6-21-3)17-12(20)16-10-8(11(18)19)4-7(14)5-9(10)15/h4-5H,6H2,1-3H3,(H,18,19)(H2,16,17,20). The van der Waals surface area contributed by atoms with Crippen molar-refractivity contribution >= 4 is 49.5 Å². The van der Waals surface area contributed by atoms with Crippen molar-refractivity contribution in [3.05, 3.63) is 26.6 Å². The van der Waals surface area contributed by atoms with Crippen molar-refractivity contribution in [1.82, 2.24) is 5.32 Å². The predicted molar refractivity (Wildman–Crippen MR) is 86.9 cm³/mol. The van der Waals surface area contributed by atoms with Crippen LogP contribution < -0.4 is 10.6 Å². The summed E-state index contributed by atoms with van der Waals surface area (Å²) in [6.07, 6.45) is 0. The molecular weight excluding hydrogens is 408 g/mol. The van der Waals surface area contributed by atoms with Crippen LogP contribution in [0.5, 0.6) is 0 Å². The number of nitrogens with one attached hydrogen (secondary N) is 2. The molecule has 0 fully saturated rings. The maximum Gasteiger partial charge on any atom is 0.337 e. The van der Waals surface area contributed by atoms with E-state index < -0.39 is 17.5 Å². The second-order valence-electron chi connectivity index (χ2n) is 5.01. The molecule has 0 radical (unpaired) electrons. The van der Waals surface area contributed by atoms with E-state index in [0.717, 1.165) is 0 Å². The van der Waals surface area contributed by atoms with E-state index in [1.54, 1.807) is 19.9 Å². The number of carbonyl (C=O) groups excluding carboxylic acids is 1. The van der Waals surface area contributed by atoms with E-state index in [0.29, 0.717) is 15.6 Å². The number of carbonyl (C=O) groups is 2. The van der Waals surface area contributed by atoms with Gasteiger partial charge < -0.3 is 20.5 Å². The number of carboxylic acids is 1. The van der Waals surface area contributed by atoms with Crippen LogP contribution in [0.4, 0.5) is 10.5 Å². The number of methoxy groups -OCH3 is 1. The van der Waals surface area contributed by atoms with Gasteiger partial charge in [0, 0.05) is 16.1 Å². The van der Waals surface area contributed by atoms with Crippen LogP contribution in [0.3, 0.4) is 0 Å². The molecular formula is C13H16Br2N2O4. The lowest BCUT2D eigenvalue weighted by molar-refractivity contribution is 0.0698. The zero-order chi connectivity index (χ0) is 16.2. The lowest BCUT2D eigenvalue weighted by Crippen LogP contribution is -2.48. The molecule has 1 aromatic carbocycles. The number of benzene rings is 1. The van der Waals surface area contributed by atoms with Gasteiger partial charge in [0.1, 0.15) is 0 Å². The van der Waals surface area contributed by atoms with Crippen molar-refractivity contribution in [2.24, 2.45) is 0 Å². The van der Waals surface area contributed by atoms with E-state index in [1.807, 2.05) is 0 Å². The van der Waals surface area contributed by atoms with Crippen LogP contribution in [0.1, 0.15) is 24.2 Å². The lowest BCUT2D eigenvalue weighted by Gasteiger charge is -2.25. The van der Waals surface area contributed by atoms with Crippen LogP contribution in [0.25, 0.3) is 0 Å². The fourth-order valence-corrected chi connectivity index (χ4v) is 3.04. The highest BCUT2D eigenvalue weighted by Crippen LogP contribution is 2.30. The Hall–Kier alpha value is -1.12. The number of carboxylic acid groups (broad SMARTS) is 1. The molecule has 1 rings (SSSR count). The molecule has 1 aromatic rings. The van der Waals surface area contributed by atoms with E-state index >= 15 is 0 Å². The number of halogens is 2. The minimum atomic E-state index is -1.14. The van der Waals surface area contributed by atoms with E-state index in [1.165, 1.54) is 13.2 Å². The topological polar surface area (TPSA) is 87.7 Å². The number of urea groups is 1. The minimum Gasteiger partial charge on any atom is -0.478 e. The number of rotatable bonds is 5. The summed E-state index contributed by atoms with van der Waals surface area (Å²) in [6, 6.07) is 2.56. The molecule has 2 amide bonds. The highest BCUT2D eigenvalue weighted by atomic mass is 79.9. The van der Waals surface area contributed by atoms with Crippen molar-refractivity contribution in [3.63, 3.8) is 0 Å². The molecule has 6 nitrogen and oxygen atoms in total. The van der Waals surface area contributed by atoms with Crippen LogP contribution in [-0.4, -0.2) is 36.4 Å². The summed E-state index contributed by atoms with van der Waals surface area (Å²) in [4.78, 5) is 23.3. The number of anilines is 1. The van der Waals surface area contributed by atoms with Gasteiger partial charge >= 0.3 is 12.0 Å². The maximum atomic E-state index is 12.0. The fraction of sp³-hybridized carbons (Fsp3) is 0.385. The summed E-state index contributed by atoms with van der Waals surface area (Å²) < 4.78 is 6.07. The van der Waals surface area contributed by atoms with Crippen LogP contribution in [-0.2, 0) is 4.74 Å². The molecule has 0 saturated carbocycles. The van der Waals surface area contributed by atoms with Crippen molar-refractivity contribution in [1.29, 1.82) is 0 Å². The molecule has 0 spiro atoms. The monoisotopic (exact) mass is 422 g/mol. The van der Waals surface area contributed by atoms with Gasteiger partial charge in [0.15, 0.2) is 0 Å². The second kappa shape index (κ2) is 7.24. The van der Waals surface area contributed by atoms with Gasteiger partial charge in [-0.15, -0.1) is 0 Å². The Labute approximate surface area is 139 Å². The van der Waals surface area contributed by atoms with Crippen LogP contribution in [0.2, 0.25) is 0 Å². The molecule has 21 heavy (non-hydrogen) atoms. The van der Waals surface area contributed by atoms with Gasteiger partial charge in [0.05, 0.1) is 23.4 Å². The average Bonchev–Trinajstić information content (AvgIpc) is 2.30. The quantitative estimate of drug-likeness (QED) is 0.676. The first kappa shape index (κ1) is 17.9. The second-order valence-corrected chi connectivity index (χ2v) is 6.78. The van der Waals surface area contributed by atoms with Crippen LogP contribution >= 0.6 is 31.9 Å². The molecule has 0 saturated heterocycles. The predicted octanol–water partition coefficient (Wildman–Crippen LogP) is 3.46. The number of ether oxygens (including phenoxy) is 1. The van der Waals surface area contributed by atoms with Gasteiger partial charge in [-0.2, -0.15) is 0 Å². The summed E-state index contributed by atoms with van der Waals surface area (Å²) in [5.41, 5.74) is -0.406. The first-order valence-corrected chi connectivity index (χ1v) is 7.55. The van der Waals surface area contributed by atoms with Crippen molar-refractivity contribution < 1.29 is 19.4 Å². The Morgan fingerprint density at radius 2 is 1.95 bits per heavy atom. The third kappa shape index (κ3) is 5.29. The van der Waals surface area contributed by atoms with Gasteiger partial charge in [0.2, 0.25) is 0 Å². The van der Waals surface area contributed by atoms with Crippen molar-refractivity contribution in [3.8, 4) is 0 Å². The Bertz CT molecular complexity index is 561. The Morgan fingerprint density at radius 1 is 1.33 bits per heavy atom. The molecule has 0 atom stereocenters. The van der Waals surface area contributed by atoms with Crippen molar-refractivity contribution in [2.45, 2.75) is 19.4 Å². The first-order valence-electron chi connectivity index (χ1n) is 5.96. The number of hydrogen-bond acceptors (Lipinski definition) is 3. The molecule has 0 heterocycles. The molecule has 0 aliphatic rings. The third-order valence-corrected chi connectivity index (χ3v) is 3.56. The highest BCUT2D eigenvalue weighted by Gasteiger charge is 2.22. The average molecular weight is 424 g/mol. The van der Waals surface area contributed by atoms with Gasteiger partial charge in [0.25, 0.3) is 0 Å². The van der Waals surface area contributed by atoms with Gasteiger partial charge in [-0.05, 0) is 41.9 Å². The molecule has 3 N–H and O–H groups in total. The van der Waals surface area contributed by atoms with E-state index in [9.17, 15) is 14.7 Å². The summed E-state index contributed by atoms with van der Waals surface area (Å²) in [7, 11) is 1.54. The number of hydrogen-bond donors (Lipinski definition) is 3. The summed E-state index contributed by atoms with van der Waals surface area (Å²) in [5, 5.41) is 14.5. The largest absolute Gasteiger partial charge is 0.478 e. The highest BCUT2D eigenvalue weighted by molar-refractivity contribution is 9.11.